The molecule has 0 saturated heterocycles. The van der Waals surface area contributed by atoms with Crippen molar-refractivity contribution in [1.82, 2.24) is 25.3 Å². The van der Waals surface area contributed by atoms with E-state index in [1.54, 1.807) is 10.7 Å². The molecule has 0 aliphatic heterocycles. The average Bonchev–Trinajstić information content (AvgIpc) is 3.77. The zero-order valence-corrected chi connectivity index (χ0v) is 26.0. The third-order valence-electron chi connectivity index (χ3n) is 8.05. The lowest BCUT2D eigenvalue weighted by Crippen LogP contribution is -2.48. The highest BCUT2D eigenvalue weighted by atomic mass is 19.4. The molecule has 0 bridgehead atoms. The number of benzene rings is 2. The van der Waals surface area contributed by atoms with Gasteiger partial charge in [0, 0.05) is 38.3 Å². The first kappa shape index (κ1) is 34.2. The topological polar surface area (TPSA) is 99.5 Å². The van der Waals surface area contributed by atoms with Gasteiger partial charge in [-0.15, -0.1) is 0 Å². The van der Waals surface area contributed by atoms with Crippen molar-refractivity contribution < 1.29 is 27.9 Å². The van der Waals surface area contributed by atoms with E-state index in [4.69, 9.17) is 0 Å². The van der Waals surface area contributed by atoms with E-state index in [1.165, 1.54) is 12.1 Å². The maximum absolute atomic E-state index is 13.6. The van der Waals surface area contributed by atoms with E-state index in [0.717, 1.165) is 56.2 Å². The van der Waals surface area contributed by atoms with Gasteiger partial charge in [-0.1, -0.05) is 74.7 Å². The maximum atomic E-state index is 13.6. The number of aryl methyl sites for hydroxylation is 1. The molecule has 2 aromatic carbocycles. The van der Waals surface area contributed by atoms with Crippen LogP contribution in [0.3, 0.4) is 0 Å². The van der Waals surface area contributed by atoms with Gasteiger partial charge in [0.15, 0.2) is 5.69 Å². The number of aliphatic hydroxyl groups is 1. The van der Waals surface area contributed by atoms with Crippen LogP contribution in [0, 0.1) is 0 Å². The monoisotopic (exact) mass is 627 g/mol. The average molecular weight is 628 g/mol. The summed E-state index contributed by atoms with van der Waals surface area (Å²) in [4.78, 5) is 29.0. The third-order valence-corrected chi connectivity index (χ3v) is 8.05. The predicted molar refractivity (Wildman–Crippen MR) is 167 cm³/mol. The molecule has 0 radical (unpaired) electrons. The van der Waals surface area contributed by atoms with Gasteiger partial charge >= 0.3 is 6.18 Å². The van der Waals surface area contributed by atoms with Crippen LogP contribution in [0.1, 0.15) is 90.0 Å². The van der Waals surface area contributed by atoms with E-state index in [-0.39, 0.29) is 30.7 Å². The van der Waals surface area contributed by atoms with Crippen LogP contribution in [0.15, 0.2) is 60.7 Å². The molecule has 3 aromatic rings. The zero-order valence-electron chi connectivity index (χ0n) is 26.0. The number of nitrogens with zero attached hydrogens (tertiary/aromatic N) is 3. The zero-order chi connectivity index (χ0) is 32.4. The summed E-state index contributed by atoms with van der Waals surface area (Å²) in [5.74, 6) is -0.642. The Kier molecular flexibility index (Phi) is 12.2. The maximum Gasteiger partial charge on any atom is 0.416 e. The van der Waals surface area contributed by atoms with Gasteiger partial charge < -0.3 is 20.6 Å². The lowest BCUT2D eigenvalue weighted by molar-refractivity contribution is -0.137. The first-order chi connectivity index (χ1) is 21.6. The predicted octanol–water partition coefficient (Wildman–Crippen LogP) is 5.60. The fourth-order valence-electron chi connectivity index (χ4n) is 5.39. The molecule has 0 spiro atoms. The Labute approximate surface area is 263 Å². The normalized spacial score (nSPS) is 14.6. The summed E-state index contributed by atoms with van der Waals surface area (Å²) in [5.41, 5.74) is 1.03. The van der Waals surface area contributed by atoms with Gasteiger partial charge in [0.25, 0.3) is 11.8 Å². The van der Waals surface area contributed by atoms with E-state index in [0.29, 0.717) is 30.8 Å². The fraction of sp³-hybridized carbons (Fsp3) is 0.500. The summed E-state index contributed by atoms with van der Waals surface area (Å²) < 4.78 is 40.9. The second-order valence-corrected chi connectivity index (χ2v) is 11.7. The molecule has 1 saturated carbocycles. The van der Waals surface area contributed by atoms with Crippen molar-refractivity contribution in [1.29, 1.82) is 0 Å². The molecule has 1 heterocycles. The number of aliphatic hydroxyl groups excluding tert-OH is 1. The molecule has 244 valence electrons. The first-order valence-corrected chi connectivity index (χ1v) is 15.9. The Morgan fingerprint density at radius 1 is 1.02 bits per heavy atom. The van der Waals surface area contributed by atoms with Gasteiger partial charge in [-0.05, 0) is 49.8 Å². The Balaban J connectivity index is 1.45. The van der Waals surface area contributed by atoms with Gasteiger partial charge in [-0.3, -0.25) is 14.3 Å². The molecule has 8 nitrogen and oxygen atoms in total. The Hall–Kier alpha value is -3.70. The molecular formula is C34H44F3N5O3. The van der Waals surface area contributed by atoms with E-state index in [9.17, 15) is 27.9 Å². The smallest absolute Gasteiger partial charge is 0.390 e. The number of halogens is 3. The van der Waals surface area contributed by atoms with Crippen molar-refractivity contribution in [3.63, 3.8) is 0 Å². The summed E-state index contributed by atoms with van der Waals surface area (Å²) in [7, 11) is 0. The van der Waals surface area contributed by atoms with Gasteiger partial charge in [0.2, 0.25) is 0 Å². The number of alkyl halides is 3. The molecule has 45 heavy (non-hydrogen) atoms. The van der Waals surface area contributed by atoms with Crippen LogP contribution in [0.25, 0.3) is 0 Å². The van der Waals surface area contributed by atoms with Crippen LogP contribution in [0.5, 0.6) is 0 Å². The minimum atomic E-state index is -4.44. The Morgan fingerprint density at radius 2 is 1.76 bits per heavy atom. The van der Waals surface area contributed by atoms with Gasteiger partial charge in [-0.25, -0.2) is 0 Å². The van der Waals surface area contributed by atoms with Crippen molar-refractivity contribution in [2.24, 2.45) is 0 Å². The SMILES string of the molecule is CCCCCCN(C(=O)c1cc(C(=O)N[C@@H](Cc2ccccc2)[C@H](O)CNCc2cccc(C(F)(F)F)c2)nn1CC)C1CC1. The van der Waals surface area contributed by atoms with E-state index in [1.807, 2.05) is 42.2 Å². The van der Waals surface area contributed by atoms with Crippen molar-refractivity contribution in [2.75, 3.05) is 13.1 Å². The molecule has 1 aliphatic rings. The molecule has 1 fully saturated rings. The summed E-state index contributed by atoms with van der Waals surface area (Å²) in [6.45, 7) is 5.24. The lowest BCUT2D eigenvalue weighted by atomic mass is 10.0. The minimum absolute atomic E-state index is 0.0234. The highest BCUT2D eigenvalue weighted by Crippen LogP contribution is 2.30. The van der Waals surface area contributed by atoms with E-state index < -0.39 is 29.8 Å². The van der Waals surface area contributed by atoms with Crippen LogP contribution >= 0.6 is 0 Å². The number of rotatable bonds is 17. The second kappa shape index (κ2) is 16.0. The van der Waals surface area contributed by atoms with Crippen LogP contribution < -0.4 is 10.6 Å². The molecular weight excluding hydrogens is 583 g/mol. The molecule has 2 amide bonds. The number of amides is 2. The number of carbonyl (C=O) groups is 2. The highest BCUT2D eigenvalue weighted by Gasteiger charge is 2.35. The second-order valence-electron chi connectivity index (χ2n) is 11.7. The number of nitrogens with one attached hydrogen (secondary N) is 2. The van der Waals surface area contributed by atoms with Gasteiger partial charge in [-0.2, -0.15) is 18.3 Å². The van der Waals surface area contributed by atoms with Gasteiger partial charge in [0.05, 0.1) is 17.7 Å². The minimum Gasteiger partial charge on any atom is -0.390 e. The number of hydrogen-bond donors (Lipinski definition) is 3. The number of aromatic nitrogens is 2. The van der Waals surface area contributed by atoms with E-state index in [2.05, 4.69) is 22.7 Å². The molecule has 2 atom stereocenters. The van der Waals surface area contributed by atoms with Crippen molar-refractivity contribution >= 4 is 11.8 Å². The van der Waals surface area contributed by atoms with Crippen molar-refractivity contribution in [3.8, 4) is 0 Å². The Bertz CT molecular complexity index is 1390. The summed E-state index contributed by atoms with van der Waals surface area (Å²) in [5, 5.41) is 21.5. The largest absolute Gasteiger partial charge is 0.416 e. The molecule has 4 rings (SSSR count). The van der Waals surface area contributed by atoms with Crippen LogP contribution in [0.2, 0.25) is 0 Å². The van der Waals surface area contributed by atoms with Crippen molar-refractivity contribution in [3.05, 3.63) is 88.7 Å². The number of hydrogen-bond acceptors (Lipinski definition) is 5. The lowest BCUT2D eigenvalue weighted by Gasteiger charge is -2.24. The Morgan fingerprint density at radius 3 is 2.42 bits per heavy atom. The van der Waals surface area contributed by atoms with Crippen LogP contribution in [-0.4, -0.2) is 62.9 Å². The summed E-state index contributed by atoms with van der Waals surface area (Å²) >= 11 is 0. The third kappa shape index (κ3) is 9.89. The summed E-state index contributed by atoms with van der Waals surface area (Å²) in [6, 6.07) is 15.4. The van der Waals surface area contributed by atoms with Gasteiger partial charge in [0.1, 0.15) is 5.69 Å². The van der Waals surface area contributed by atoms with E-state index >= 15 is 0 Å². The van der Waals surface area contributed by atoms with Crippen LogP contribution in [-0.2, 0) is 25.7 Å². The molecule has 0 unspecified atom stereocenters. The summed E-state index contributed by atoms with van der Waals surface area (Å²) in [6.07, 6.45) is 1.00. The highest BCUT2D eigenvalue weighted by molar-refractivity contribution is 5.98. The number of unbranched alkanes of at least 4 members (excludes halogenated alkanes) is 3. The fourth-order valence-corrected chi connectivity index (χ4v) is 5.39. The van der Waals surface area contributed by atoms with Crippen molar-refractivity contribution in [2.45, 2.75) is 96.2 Å². The number of carbonyl (C=O) groups excluding carboxylic acids is 2. The molecule has 3 N–H and O–H groups in total. The quantitative estimate of drug-likeness (QED) is 0.169. The van der Waals surface area contributed by atoms with Crippen LogP contribution in [0.4, 0.5) is 13.2 Å². The molecule has 11 heteroatoms. The molecule has 1 aliphatic carbocycles. The standard InChI is InChI=1S/C34H44F3N5O3/c1-3-5-6-10-18-41(27-16-17-27)33(45)30-21-29(40-42(30)4-2)32(44)39-28(20-24-12-8-7-9-13-24)31(43)23-38-22-25-14-11-15-26(19-25)34(35,36)37/h7-9,11-15,19,21,27-28,31,38,43H,3-6,10,16-18,20,22-23H2,1-2H3,(H,39,44)/t28-,31+/m0/s1. The molecule has 1 aromatic heterocycles. The first-order valence-electron chi connectivity index (χ1n) is 15.9.